The summed E-state index contributed by atoms with van der Waals surface area (Å²) < 4.78 is 12.6. The molecule has 0 saturated carbocycles. The molecule has 9 rings (SSSR count). The summed E-state index contributed by atoms with van der Waals surface area (Å²) >= 11 is 0. The van der Waals surface area contributed by atoms with Crippen LogP contribution in [0.5, 0.6) is 0 Å². The summed E-state index contributed by atoms with van der Waals surface area (Å²) in [7, 11) is 0. The summed E-state index contributed by atoms with van der Waals surface area (Å²) in [5.41, 5.74) is 10.5. The van der Waals surface area contributed by atoms with Gasteiger partial charge in [-0.2, -0.15) is 0 Å². The number of fused-ring (bicyclic) bond motifs is 6. The minimum Gasteiger partial charge on any atom is -0.456 e. The summed E-state index contributed by atoms with van der Waals surface area (Å²) in [6.45, 7) is 0. The summed E-state index contributed by atoms with van der Waals surface area (Å²) in [6, 6.07) is 49.6. The van der Waals surface area contributed by atoms with Crippen LogP contribution in [0.1, 0.15) is 0 Å². The average molecular weight is 565 g/mol. The van der Waals surface area contributed by atoms with Gasteiger partial charge in [0.2, 0.25) is 0 Å². The SMILES string of the molecule is c1ccc(-c2cc(-c3ccccc3)nc(-c3ccc4oc5cc(-c6cccc7oc8ccccc8c67)ccc5c4c3)n2)cc1. The van der Waals surface area contributed by atoms with E-state index in [9.17, 15) is 0 Å². The zero-order valence-electron chi connectivity index (χ0n) is 23.6. The predicted octanol–water partition coefficient (Wildman–Crippen LogP) is 10.9. The highest BCUT2D eigenvalue weighted by Gasteiger charge is 2.16. The predicted molar refractivity (Wildman–Crippen MR) is 178 cm³/mol. The summed E-state index contributed by atoms with van der Waals surface area (Å²) in [5.74, 6) is 0.677. The first kappa shape index (κ1) is 24.6. The lowest BCUT2D eigenvalue weighted by atomic mass is 9.98. The highest BCUT2D eigenvalue weighted by atomic mass is 16.3. The van der Waals surface area contributed by atoms with E-state index in [1.165, 1.54) is 0 Å². The van der Waals surface area contributed by atoms with Gasteiger partial charge in [0.25, 0.3) is 0 Å². The van der Waals surface area contributed by atoms with Crippen molar-refractivity contribution in [3.8, 4) is 45.0 Å². The van der Waals surface area contributed by atoms with E-state index in [1.807, 2.05) is 72.8 Å². The molecular weight excluding hydrogens is 540 g/mol. The number of hydrogen-bond donors (Lipinski definition) is 0. The molecule has 0 amide bonds. The Hall–Kier alpha value is -6.00. The van der Waals surface area contributed by atoms with E-state index < -0.39 is 0 Å². The molecule has 206 valence electrons. The van der Waals surface area contributed by atoms with Gasteiger partial charge in [0.15, 0.2) is 5.82 Å². The van der Waals surface area contributed by atoms with Crippen molar-refractivity contribution in [3.05, 3.63) is 146 Å². The third kappa shape index (κ3) is 4.00. The fourth-order valence-corrected chi connectivity index (χ4v) is 6.19. The van der Waals surface area contributed by atoms with Crippen molar-refractivity contribution < 1.29 is 8.83 Å². The molecule has 3 heterocycles. The molecule has 0 aliphatic rings. The van der Waals surface area contributed by atoms with Gasteiger partial charge in [0.1, 0.15) is 22.3 Å². The minimum absolute atomic E-state index is 0.677. The Morgan fingerprint density at radius 3 is 1.77 bits per heavy atom. The topological polar surface area (TPSA) is 52.1 Å². The maximum absolute atomic E-state index is 6.41. The zero-order valence-corrected chi connectivity index (χ0v) is 23.6. The fourth-order valence-electron chi connectivity index (χ4n) is 6.19. The van der Waals surface area contributed by atoms with Gasteiger partial charge in [-0.1, -0.05) is 97.1 Å². The molecule has 44 heavy (non-hydrogen) atoms. The van der Waals surface area contributed by atoms with Gasteiger partial charge in [-0.25, -0.2) is 9.97 Å². The van der Waals surface area contributed by atoms with Gasteiger partial charge >= 0.3 is 0 Å². The smallest absolute Gasteiger partial charge is 0.160 e. The van der Waals surface area contributed by atoms with E-state index in [4.69, 9.17) is 18.8 Å². The number of nitrogens with zero attached hydrogens (tertiary/aromatic N) is 2. The third-order valence-electron chi connectivity index (χ3n) is 8.31. The molecule has 0 bridgehead atoms. The highest BCUT2D eigenvalue weighted by molar-refractivity contribution is 6.13. The average Bonchev–Trinajstić information content (AvgIpc) is 3.66. The Kier molecular flexibility index (Phi) is 5.47. The first-order valence-electron chi connectivity index (χ1n) is 14.7. The summed E-state index contributed by atoms with van der Waals surface area (Å²) in [4.78, 5) is 10.0. The van der Waals surface area contributed by atoms with Gasteiger partial charge in [0.05, 0.1) is 11.4 Å². The summed E-state index contributed by atoms with van der Waals surface area (Å²) in [5, 5.41) is 4.31. The molecule has 0 aliphatic carbocycles. The van der Waals surface area contributed by atoms with Gasteiger partial charge in [-0.05, 0) is 59.7 Å². The lowest BCUT2D eigenvalue weighted by Gasteiger charge is -2.09. The largest absolute Gasteiger partial charge is 0.456 e. The van der Waals surface area contributed by atoms with Crippen LogP contribution in [0.15, 0.2) is 154 Å². The molecule has 0 saturated heterocycles. The van der Waals surface area contributed by atoms with Gasteiger partial charge in [-0.15, -0.1) is 0 Å². The van der Waals surface area contributed by atoms with Gasteiger partial charge < -0.3 is 8.83 Å². The fraction of sp³-hybridized carbons (Fsp3) is 0. The van der Waals surface area contributed by atoms with E-state index in [1.54, 1.807) is 0 Å². The Bertz CT molecular complexity index is 2430. The molecule has 4 nitrogen and oxygen atoms in total. The van der Waals surface area contributed by atoms with Crippen molar-refractivity contribution in [2.45, 2.75) is 0 Å². The van der Waals surface area contributed by atoms with Crippen LogP contribution in [0.2, 0.25) is 0 Å². The van der Waals surface area contributed by atoms with Crippen LogP contribution in [0, 0.1) is 0 Å². The lowest BCUT2D eigenvalue weighted by Crippen LogP contribution is -1.95. The molecule has 0 aliphatic heterocycles. The Morgan fingerprint density at radius 1 is 0.364 bits per heavy atom. The summed E-state index contributed by atoms with van der Waals surface area (Å²) in [6.07, 6.45) is 0. The molecule has 3 aromatic heterocycles. The maximum atomic E-state index is 6.41. The number of aromatic nitrogens is 2. The monoisotopic (exact) mass is 564 g/mol. The van der Waals surface area contributed by atoms with Crippen LogP contribution in [0.4, 0.5) is 0 Å². The van der Waals surface area contributed by atoms with E-state index in [-0.39, 0.29) is 0 Å². The standard InChI is InChI=1S/C40H24N2O2/c1-3-10-25(11-4-1)33-24-34(26-12-5-2-6-13-26)42-40(41-33)28-19-21-36-32(22-28)30-20-18-27(23-38(30)44-36)29-15-9-17-37-39(29)31-14-7-8-16-35(31)43-37/h1-24H. The van der Waals surface area contributed by atoms with Crippen molar-refractivity contribution in [1.29, 1.82) is 0 Å². The molecule has 0 fully saturated rings. The van der Waals surface area contributed by atoms with Crippen molar-refractivity contribution in [1.82, 2.24) is 9.97 Å². The van der Waals surface area contributed by atoms with E-state index >= 15 is 0 Å². The van der Waals surface area contributed by atoms with Crippen molar-refractivity contribution in [2.24, 2.45) is 0 Å². The second kappa shape index (κ2) is 9.79. The number of benzene rings is 6. The van der Waals surface area contributed by atoms with Crippen LogP contribution in [0.25, 0.3) is 88.9 Å². The molecule has 0 atom stereocenters. The first-order chi connectivity index (χ1) is 21.8. The molecule has 0 N–H and O–H groups in total. The molecule has 9 aromatic rings. The van der Waals surface area contributed by atoms with Gasteiger partial charge in [-0.3, -0.25) is 0 Å². The molecular formula is C40H24N2O2. The number of furan rings is 2. The van der Waals surface area contributed by atoms with Crippen LogP contribution in [-0.2, 0) is 0 Å². The molecule has 0 spiro atoms. The molecule has 6 aromatic carbocycles. The first-order valence-corrected chi connectivity index (χ1v) is 14.7. The van der Waals surface area contributed by atoms with Crippen molar-refractivity contribution in [3.63, 3.8) is 0 Å². The van der Waals surface area contributed by atoms with E-state index in [2.05, 4.69) is 72.8 Å². The Balaban J connectivity index is 1.19. The highest BCUT2D eigenvalue weighted by Crippen LogP contribution is 2.39. The van der Waals surface area contributed by atoms with Gasteiger partial charge in [0, 0.05) is 38.2 Å². The van der Waals surface area contributed by atoms with Crippen molar-refractivity contribution in [2.75, 3.05) is 0 Å². The lowest BCUT2D eigenvalue weighted by molar-refractivity contribution is 0.668. The van der Waals surface area contributed by atoms with Crippen molar-refractivity contribution >= 4 is 43.9 Å². The molecule has 0 unspecified atom stereocenters. The van der Waals surface area contributed by atoms with Crippen LogP contribution >= 0.6 is 0 Å². The minimum atomic E-state index is 0.677. The Morgan fingerprint density at radius 2 is 1.00 bits per heavy atom. The van der Waals surface area contributed by atoms with E-state index in [0.717, 1.165) is 83.1 Å². The van der Waals surface area contributed by atoms with E-state index in [0.29, 0.717) is 5.82 Å². The van der Waals surface area contributed by atoms with Crippen LogP contribution < -0.4 is 0 Å². The molecule has 4 heteroatoms. The molecule has 0 radical (unpaired) electrons. The maximum Gasteiger partial charge on any atom is 0.160 e. The number of para-hydroxylation sites is 1. The van der Waals surface area contributed by atoms with Crippen LogP contribution in [0.3, 0.4) is 0 Å². The Labute approximate surface area is 252 Å². The second-order valence-corrected chi connectivity index (χ2v) is 11.0. The normalized spacial score (nSPS) is 11.6. The second-order valence-electron chi connectivity index (χ2n) is 11.0. The number of hydrogen-bond acceptors (Lipinski definition) is 4. The van der Waals surface area contributed by atoms with Crippen LogP contribution in [-0.4, -0.2) is 9.97 Å². The zero-order chi connectivity index (χ0) is 29.0. The third-order valence-corrected chi connectivity index (χ3v) is 8.31. The number of rotatable bonds is 4. The quantitative estimate of drug-likeness (QED) is 0.213.